The molecule has 8 amide bonds. The topological polar surface area (TPSA) is 354 Å². The second kappa shape index (κ2) is 30.5. The second-order valence-corrected chi connectivity index (χ2v) is 18.9. The van der Waals surface area contributed by atoms with Crippen LogP contribution in [-0.2, 0) is 67.2 Å². The number of nitrogens with one attached hydrogen (secondary N) is 8. The number of carboxylic acids is 2. The SMILES string of the molecule is CC[C@H](C)[C@H](NC(=O)[C@H](Cc1ccc(O)cc1)NC(=O)[C@H](CC(=O)O)NC(=O)[C@H](Cc1ccccc1)NC(=O)[C@H](C)NC(=O)[C@H](C)NC(=O)[C@H](Cc1ccccc1)NC(=O)[C@@H](N)CCSC)C(=O)N[C@@H](C)C(=O)O. The van der Waals surface area contributed by atoms with E-state index in [1.165, 1.54) is 56.8 Å². The molecule has 0 fully saturated rings. The quantitative estimate of drug-likeness (QED) is 0.0420. The summed E-state index contributed by atoms with van der Waals surface area (Å²) in [6.07, 6.45) is 1.22. The van der Waals surface area contributed by atoms with Crippen LogP contribution in [0.15, 0.2) is 84.9 Å². The van der Waals surface area contributed by atoms with Gasteiger partial charge in [0.15, 0.2) is 0 Å². The van der Waals surface area contributed by atoms with Gasteiger partial charge in [0.2, 0.25) is 47.3 Å². The first kappa shape index (κ1) is 60.8. The van der Waals surface area contributed by atoms with E-state index in [-0.39, 0.29) is 25.0 Å². The molecule has 0 aromatic heterocycles. The molecule has 0 unspecified atom stereocenters. The smallest absolute Gasteiger partial charge is 0.325 e. The van der Waals surface area contributed by atoms with Crippen LogP contribution in [0.4, 0.5) is 0 Å². The molecular formula is C51H69N9O13S. The van der Waals surface area contributed by atoms with Crippen LogP contribution in [0.1, 0.15) is 70.6 Å². The van der Waals surface area contributed by atoms with E-state index in [0.29, 0.717) is 29.7 Å². The highest BCUT2D eigenvalue weighted by atomic mass is 32.2. The third-order valence-electron chi connectivity index (χ3n) is 11.8. The standard InChI is InChI=1S/C51H69N9O13S/c1-7-28(2)42(50(71)55-31(5)51(72)73)60-49(70)39(26-34-18-20-35(61)21-19-34)58-48(69)40(27-41(62)63)59-47(68)38(25-33-16-12-9-13-17-33)56-44(65)30(4)53-43(64)29(3)54-46(67)37(24-32-14-10-8-11-15-32)57-45(66)36(52)22-23-74-6/h8-21,28-31,36-40,42,61H,7,22-27,52H2,1-6H3,(H,53,64)(H,54,67)(H,55,71)(H,56,65)(H,57,66)(H,58,69)(H,59,68)(H,60,70)(H,62,63)(H,72,73)/t28-,29-,30-,31-,36-,37-,38-,39-,40-,42-/m0/s1. The van der Waals surface area contributed by atoms with E-state index in [9.17, 15) is 63.3 Å². The first-order valence-corrected chi connectivity index (χ1v) is 25.4. The first-order chi connectivity index (χ1) is 35.0. The predicted molar refractivity (Wildman–Crippen MR) is 275 cm³/mol. The highest BCUT2D eigenvalue weighted by molar-refractivity contribution is 7.98. The molecule has 10 atom stereocenters. The van der Waals surface area contributed by atoms with Crippen molar-refractivity contribution < 1.29 is 63.3 Å². The minimum atomic E-state index is -1.86. The van der Waals surface area contributed by atoms with Crippen LogP contribution < -0.4 is 48.3 Å². The largest absolute Gasteiger partial charge is 0.508 e. The molecule has 0 saturated carbocycles. The van der Waals surface area contributed by atoms with E-state index in [0.717, 1.165) is 5.56 Å². The highest BCUT2D eigenvalue weighted by Crippen LogP contribution is 2.15. The molecule has 0 heterocycles. The van der Waals surface area contributed by atoms with Crippen molar-refractivity contribution in [3.63, 3.8) is 0 Å². The zero-order valence-electron chi connectivity index (χ0n) is 42.2. The minimum Gasteiger partial charge on any atom is -0.508 e. The Balaban J connectivity index is 1.84. The van der Waals surface area contributed by atoms with Gasteiger partial charge in [0.05, 0.1) is 12.5 Å². The van der Waals surface area contributed by atoms with Crippen molar-refractivity contribution >= 4 is 71.0 Å². The fourth-order valence-electron chi connectivity index (χ4n) is 7.18. The Morgan fingerprint density at radius 3 is 1.36 bits per heavy atom. The summed E-state index contributed by atoms with van der Waals surface area (Å²) in [5, 5.41) is 49.2. The van der Waals surface area contributed by atoms with Crippen molar-refractivity contribution in [3.8, 4) is 5.75 Å². The summed E-state index contributed by atoms with van der Waals surface area (Å²) in [7, 11) is 0. The summed E-state index contributed by atoms with van der Waals surface area (Å²) in [5.74, 6) is -9.73. The number of nitrogens with two attached hydrogens (primary N) is 1. The normalized spacial score (nSPS) is 15.0. The van der Waals surface area contributed by atoms with E-state index in [1.54, 1.807) is 74.5 Å². The van der Waals surface area contributed by atoms with Crippen LogP contribution in [0, 0.1) is 5.92 Å². The molecule has 13 N–H and O–H groups in total. The molecule has 0 spiro atoms. The first-order valence-electron chi connectivity index (χ1n) is 24.0. The molecule has 22 nitrogen and oxygen atoms in total. The average molecular weight is 1050 g/mol. The van der Waals surface area contributed by atoms with E-state index < -0.39 is 126 Å². The Kier molecular flexibility index (Phi) is 25.0. The summed E-state index contributed by atoms with van der Waals surface area (Å²) in [4.78, 5) is 133. The molecule has 0 radical (unpaired) electrons. The van der Waals surface area contributed by atoms with Gasteiger partial charge in [-0.05, 0) is 73.9 Å². The number of aliphatic carboxylic acids is 2. The van der Waals surface area contributed by atoms with Crippen LogP contribution in [0.5, 0.6) is 5.75 Å². The van der Waals surface area contributed by atoms with Crippen molar-refractivity contribution in [2.45, 2.75) is 128 Å². The molecule has 0 saturated heterocycles. The Morgan fingerprint density at radius 1 is 0.500 bits per heavy atom. The van der Waals surface area contributed by atoms with Crippen LogP contribution in [-0.4, -0.2) is 141 Å². The van der Waals surface area contributed by atoms with Crippen molar-refractivity contribution in [2.75, 3.05) is 12.0 Å². The third kappa shape index (κ3) is 20.5. The van der Waals surface area contributed by atoms with E-state index in [1.807, 2.05) is 6.26 Å². The summed E-state index contributed by atoms with van der Waals surface area (Å²) >= 11 is 1.51. The van der Waals surface area contributed by atoms with Gasteiger partial charge in [-0.15, -0.1) is 0 Å². The molecule has 0 aliphatic rings. The number of amides is 8. The van der Waals surface area contributed by atoms with Gasteiger partial charge in [0.25, 0.3) is 0 Å². The lowest BCUT2D eigenvalue weighted by atomic mass is 9.96. The fourth-order valence-corrected chi connectivity index (χ4v) is 7.67. The number of benzene rings is 3. The average Bonchev–Trinajstić information content (AvgIpc) is 3.36. The number of rotatable bonds is 30. The number of carbonyl (C=O) groups is 10. The van der Waals surface area contributed by atoms with Gasteiger partial charge in [-0.25, -0.2) is 0 Å². The Hall–Kier alpha value is -7.53. The lowest BCUT2D eigenvalue weighted by molar-refractivity contribution is -0.142. The lowest BCUT2D eigenvalue weighted by Crippen LogP contribution is -2.61. The molecule has 3 aromatic carbocycles. The van der Waals surface area contributed by atoms with Crippen molar-refractivity contribution in [3.05, 3.63) is 102 Å². The molecule has 0 aliphatic carbocycles. The van der Waals surface area contributed by atoms with Gasteiger partial charge in [0.1, 0.15) is 54.1 Å². The summed E-state index contributed by atoms with van der Waals surface area (Å²) in [5.41, 5.74) is 7.73. The molecular weight excluding hydrogens is 979 g/mol. The summed E-state index contributed by atoms with van der Waals surface area (Å²) < 4.78 is 0. The van der Waals surface area contributed by atoms with Crippen LogP contribution in [0.2, 0.25) is 0 Å². The number of phenolic OH excluding ortho intramolecular Hbond substituents is 1. The fraction of sp³-hybridized carbons (Fsp3) is 0.451. The Bertz CT molecular complexity index is 2400. The van der Waals surface area contributed by atoms with Gasteiger partial charge in [0, 0.05) is 19.3 Å². The molecule has 0 bridgehead atoms. The van der Waals surface area contributed by atoms with Crippen LogP contribution in [0.3, 0.4) is 0 Å². The van der Waals surface area contributed by atoms with Crippen molar-refractivity contribution in [1.82, 2.24) is 42.5 Å². The van der Waals surface area contributed by atoms with Gasteiger partial charge < -0.3 is 63.6 Å². The highest BCUT2D eigenvalue weighted by Gasteiger charge is 2.35. The Labute approximate surface area is 433 Å². The maximum Gasteiger partial charge on any atom is 0.325 e. The maximum absolute atomic E-state index is 14.2. The van der Waals surface area contributed by atoms with E-state index in [2.05, 4.69) is 42.5 Å². The molecule has 3 rings (SSSR count). The number of carbonyl (C=O) groups excluding carboxylic acids is 8. The van der Waals surface area contributed by atoms with Gasteiger partial charge in [-0.2, -0.15) is 11.8 Å². The van der Waals surface area contributed by atoms with E-state index in [4.69, 9.17) is 5.73 Å². The van der Waals surface area contributed by atoms with Gasteiger partial charge in [-0.3, -0.25) is 47.9 Å². The zero-order valence-corrected chi connectivity index (χ0v) is 43.0. The molecule has 23 heteroatoms. The molecule has 74 heavy (non-hydrogen) atoms. The second-order valence-electron chi connectivity index (χ2n) is 17.9. The summed E-state index contributed by atoms with van der Waals surface area (Å²) in [6.45, 7) is 7.29. The number of phenols is 1. The number of thioether (sulfide) groups is 1. The third-order valence-corrected chi connectivity index (χ3v) is 12.5. The van der Waals surface area contributed by atoms with Crippen LogP contribution >= 0.6 is 11.8 Å². The van der Waals surface area contributed by atoms with Crippen molar-refractivity contribution in [1.29, 1.82) is 0 Å². The molecule has 3 aromatic rings. The van der Waals surface area contributed by atoms with Gasteiger partial charge >= 0.3 is 11.9 Å². The Morgan fingerprint density at radius 2 is 0.892 bits per heavy atom. The van der Waals surface area contributed by atoms with Crippen LogP contribution in [0.25, 0.3) is 0 Å². The number of carboxylic acid groups (broad SMARTS) is 2. The molecule has 402 valence electrons. The number of aromatic hydroxyl groups is 1. The molecule has 0 aliphatic heterocycles. The summed E-state index contributed by atoms with van der Waals surface area (Å²) in [6, 6.07) is 10.7. The van der Waals surface area contributed by atoms with E-state index >= 15 is 0 Å². The monoisotopic (exact) mass is 1050 g/mol. The minimum absolute atomic E-state index is 0.0757. The number of hydrogen-bond acceptors (Lipinski definition) is 13. The van der Waals surface area contributed by atoms with Crippen molar-refractivity contribution in [2.24, 2.45) is 11.7 Å². The predicted octanol–water partition coefficient (Wildman–Crippen LogP) is 0.0440. The lowest BCUT2D eigenvalue weighted by Gasteiger charge is -2.28. The maximum atomic E-state index is 14.2. The number of hydrogen-bond donors (Lipinski definition) is 12. The van der Waals surface area contributed by atoms with Gasteiger partial charge in [-0.1, -0.05) is 93.1 Å². The zero-order chi connectivity index (χ0) is 55.1.